The standard InChI is InChI=1S/C17H18O4S/c1-11-5-7-15(8-6-11)22(19,20)21-17-14(4)10-12(2)9-13(3)16(17)18/h5-10H,1-4H3. The van der Waals surface area contributed by atoms with Gasteiger partial charge in [0, 0.05) is 5.56 Å². The Morgan fingerprint density at radius 3 is 1.95 bits per heavy atom. The summed E-state index contributed by atoms with van der Waals surface area (Å²) in [5.74, 6) is -0.147. The summed E-state index contributed by atoms with van der Waals surface area (Å²) < 4.78 is 29.9. The van der Waals surface area contributed by atoms with Gasteiger partial charge in [0.05, 0.1) is 0 Å². The average Bonchev–Trinajstić information content (AvgIpc) is 2.51. The molecule has 4 nitrogen and oxygen atoms in total. The average molecular weight is 318 g/mol. The van der Waals surface area contributed by atoms with Crippen molar-refractivity contribution in [3.8, 4) is 5.75 Å². The Kier molecular flexibility index (Phi) is 4.37. The van der Waals surface area contributed by atoms with E-state index in [0.717, 1.165) is 11.1 Å². The molecule has 22 heavy (non-hydrogen) atoms. The molecule has 0 saturated heterocycles. The zero-order valence-electron chi connectivity index (χ0n) is 13.0. The van der Waals surface area contributed by atoms with Gasteiger partial charge in [0.15, 0.2) is 5.75 Å². The summed E-state index contributed by atoms with van der Waals surface area (Å²) in [4.78, 5) is 12.3. The third-order valence-corrected chi connectivity index (χ3v) is 4.55. The van der Waals surface area contributed by atoms with Crippen LogP contribution in [0, 0.1) is 27.7 Å². The molecule has 0 amide bonds. The predicted octanol–water partition coefficient (Wildman–Crippen LogP) is 3.05. The lowest BCUT2D eigenvalue weighted by Crippen LogP contribution is -2.16. The van der Waals surface area contributed by atoms with E-state index in [1.807, 2.05) is 13.8 Å². The summed E-state index contributed by atoms with van der Waals surface area (Å²) in [6.45, 7) is 7.01. The maximum absolute atomic E-state index is 12.4. The van der Waals surface area contributed by atoms with E-state index in [4.69, 9.17) is 4.18 Å². The van der Waals surface area contributed by atoms with Crippen LogP contribution in [0.5, 0.6) is 5.75 Å². The Morgan fingerprint density at radius 2 is 1.36 bits per heavy atom. The van der Waals surface area contributed by atoms with Crippen molar-refractivity contribution in [2.24, 2.45) is 0 Å². The molecule has 0 unspecified atom stereocenters. The summed E-state index contributed by atoms with van der Waals surface area (Å²) in [7, 11) is -4.03. The van der Waals surface area contributed by atoms with E-state index in [2.05, 4.69) is 0 Å². The van der Waals surface area contributed by atoms with E-state index in [9.17, 15) is 13.2 Å². The first-order valence-electron chi connectivity index (χ1n) is 6.84. The molecule has 0 aliphatic carbocycles. The van der Waals surface area contributed by atoms with Crippen LogP contribution in [-0.4, -0.2) is 8.42 Å². The Morgan fingerprint density at radius 1 is 0.818 bits per heavy atom. The first-order chi connectivity index (χ1) is 10.2. The summed E-state index contributed by atoms with van der Waals surface area (Å²) >= 11 is 0. The van der Waals surface area contributed by atoms with Gasteiger partial charge in [-0.1, -0.05) is 35.4 Å². The molecule has 2 aromatic rings. The quantitative estimate of drug-likeness (QED) is 0.816. The topological polar surface area (TPSA) is 60.4 Å². The first-order valence-corrected chi connectivity index (χ1v) is 8.25. The third kappa shape index (κ3) is 3.36. The fourth-order valence-corrected chi connectivity index (χ4v) is 3.17. The second-order valence-electron chi connectivity index (χ2n) is 5.41. The smallest absolute Gasteiger partial charge is 0.339 e. The minimum Gasteiger partial charge on any atom is -0.374 e. The molecule has 0 atom stereocenters. The summed E-state index contributed by atoms with van der Waals surface area (Å²) in [6, 6.07) is 9.73. The van der Waals surface area contributed by atoms with Crippen LogP contribution in [0.25, 0.3) is 0 Å². The zero-order chi connectivity index (χ0) is 16.5. The largest absolute Gasteiger partial charge is 0.374 e. The van der Waals surface area contributed by atoms with Crippen LogP contribution < -0.4 is 9.61 Å². The highest BCUT2D eigenvalue weighted by atomic mass is 32.2. The summed E-state index contributed by atoms with van der Waals surface area (Å²) in [5, 5.41) is 0. The highest BCUT2D eigenvalue weighted by Crippen LogP contribution is 2.20. The van der Waals surface area contributed by atoms with E-state index in [0.29, 0.717) is 11.1 Å². The molecule has 0 aromatic heterocycles. The first kappa shape index (κ1) is 16.2. The van der Waals surface area contributed by atoms with Crippen LogP contribution in [0.15, 0.2) is 46.1 Å². The van der Waals surface area contributed by atoms with Gasteiger partial charge in [0.1, 0.15) is 4.90 Å². The molecule has 2 rings (SSSR count). The molecule has 0 aliphatic rings. The SMILES string of the molecule is Cc1ccc(S(=O)(=O)Oc2c(C)cc(C)cc(C)c2=O)cc1. The Bertz CT molecular complexity index is 866. The molecular weight excluding hydrogens is 300 g/mol. The van der Waals surface area contributed by atoms with Crippen molar-refractivity contribution in [1.82, 2.24) is 0 Å². The monoisotopic (exact) mass is 318 g/mol. The molecule has 0 bridgehead atoms. The van der Waals surface area contributed by atoms with Crippen LogP contribution >= 0.6 is 0 Å². The number of benzene rings is 1. The van der Waals surface area contributed by atoms with Gasteiger partial charge >= 0.3 is 10.1 Å². The van der Waals surface area contributed by atoms with Crippen molar-refractivity contribution >= 4 is 10.1 Å². The number of rotatable bonds is 3. The van der Waals surface area contributed by atoms with Crippen LogP contribution in [-0.2, 0) is 10.1 Å². The van der Waals surface area contributed by atoms with Crippen LogP contribution in [0.2, 0.25) is 0 Å². The Balaban J connectivity index is 2.56. The molecule has 0 saturated carbocycles. The number of aryl methyl sites for hydroxylation is 4. The third-order valence-electron chi connectivity index (χ3n) is 3.31. The highest BCUT2D eigenvalue weighted by Gasteiger charge is 2.20. The second kappa shape index (κ2) is 5.93. The van der Waals surface area contributed by atoms with Gasteiger partial charge in [-0.25, -0.2) is 0 Å². The fourth-order valence-electron chi connectivity index (χ4n) is 2.18. The number of hydrogen-bond donors (Lipinski definition) is 0. The second-order valence-corrected chi connectivity index (χ2v) is 6.95. The maximum atomic E-state index is 12.4. The fraction of sp³-hybridized carbons (Fsp3) is 0.235. The molecule has 0 fully saturated rings. The molecule has 0 heterocycles. The normalized spacial score (nSPS) is 11.3. The minimum absolute atomic E-state index is 0.0257. The molecule has 5 heteroatoms. The molecule has 0 aliphatic heterocycles. The van der Waals surface area contributed by atoms with Gasteiger partial charge in [0.2, 0.25) is 5.43 Å². The van der Waals surface area contributed by atoms with Gasteiger partial charge < -0.3 is 4.18 Å². The van der Waals surface area contributed by atoms with Crippen LogP contribution in [0.3, 0.4) is 0 Å². The van der Waals surface area contributed by atoms with Gasteiger partial charge in [-0.2, -0.15) is 8.42 Å². The summed E-state index contributed by atoms with van der Waals surface area (Å²) in [6.07, 6.45) is 0. The predicted molar refractivity (Wildman–Crippen MR) is 85.9 cm³/mol. The highest BCUT2D eigenvalue weighted by molar-refractivity contribution is 7.87. The lowest BCUT2D eigenvalue weighted by molar-refractivity contribution is 0.482. The Hall–Kier alpha value is -2.14. The van der Waals surface area contributed by atoms with Crippen molar-refractivity contribution in [2.75, 3.05) is 0 Å². The van der Waals surface area contributed by atoms with Crippen molar-refractivity contribution in [3.63, 3.8) is 0 Å². The van der Waals surface area contributed by atoms with E-state index in [1.54, 1.807) is 38.1 Å². The van der Waals surface area contributed by atoms with Crippen molar-refractivity contribution < 1.29 is 12.6 Å². The molecule has 2 aromatic carbocycles. The van der Waals surface area contributed by atoms with Crippen LogP contribution in [0.1, 0.15) is 22.3 Å². The molecule has 116 valence electrons. The van der Waals surface area contributed by atoms with Crippen molar-refractivity contribution in [3.05, 3.63) is 68.9 Å². The molecule has 0 spiro atoms. The van der Waals surface area contributed by atoms with Gasteiger partial charge in [-0.3, -0.25) is 4.79 Å². The Labute approximate surface area is 130 Å². The van der Waals surface area contributed by atoms with Gasteiger partial charge in [-0.15, -0.1) is 0 Å². The molecule has 0 N–H and O–H groups in total. The molecular formula is C17H18O4S. The lowest BCUT2D eigenvalue weighted by Gasteiger charge is -2.07. The number of hydrogen-bond acceptors (Lipinski definition) is 4. The minimum atomic E-state index is -4.03. The van der Waals surface area contributed by atoms with E-state index in [1.165, 1.54) is 12.1 Å². The maximum Gasteiger partial charge on any atom is 0.339 e. The van der Waals surface area contributed by atoms with Crippen LogP contribution in [0.4, 0.5) is 0 Å². The van der Waals surface area contributed by atoms with Gasteiger partial charge in [-0.05, 0) is 45.4 Å². The van der Waals surface area contributed by atoms with E-state index >= 15 is 0 Å². The lowest BCUT2D eigenvalue weighted by atomic mass is 10.2. The summed E-state index contributed by atoms with van der Waals surface area (Å²) in [5.41, 5.74) is 2.33. The molecule has 0 radical (unpaired) electrons. The van der Waals surface area contributed by atoms with Gasteiger partial charge in [0.25, 0.3) is 0 Å². The van der Waals surface area contributed by atoms with Crippen molar-refractivity contribution in [1.29, 1.82) is 0 Å². The zero-order valence-corrected chi connectivity index (χ0v) is 13.8. The van der Waals surface area contributed by atoms with E-state index < -0.39 is 15.5 Å². The van der Waals surface area contributed by atoms with E-state index in [-0.39, 0.29) is 10.6 Å². The van der Waals surface area contributed by atoms with Crippen molar-refractivity contribution in [2.45, 2.75) is 32.6 Å².